The Hall–Kier alpha value is -3.36. The molecular formula is C29H34ClN3O4S. The molecule has 0 aliphatic carbocycles. The minimum atomic E-state index is -4.12. The Morgan fingerprint density at radius 2 is 1.61 bits per heavy atom. The van der Waals surface area contributed by atoms with Gasteiger partial charge in [-0.25, -0.2) is 8.42 Å². The van der Waals surface area contributed by atoms with Crippen molar-refractivity contribution in [3.63, 3.8) is 0 Å². The van der Waals surface area contributed by atoms with Gasteiger partial charge in [0.2, 0.25) is 11.8 Å². The number of halogens is 1. The van der Waals surface area contributed by atoms with Crippen LogP contribution in [0.2, 0.25) is 5.02 Å². The highest BCUT2D eigenvalue weighted by Gasteiger charge is 2.32. The molecule has 0 aromatic heterocycles. The summed E-state index contributed by atoms with van der Waals surface area (Å²) in [7, 11) is -4.12. The highest BCUT2D eigenvalue weighted by atomic mass is 35.5. The van der Waals surface area contributed by atoms with E-state index in [0.29, 0.717) is 11.6 Å². The summed E-state index contributed by atoms with van der Waals surface area (Å²) in [6, 6.07) is 21.1. The zero-order chi connectivity index (χ0) is 27.9. The van der Waals surface area contributed by atoms with Gasteiger partial charge in [-0.1, -0.05) is 79.5 Å². The van der Waals surface area contributed by atoms with E-state index < -0.39 is 28.5 Å². The van der Waals surface area contributed by atoms with Gasteiger partial charge in [0, 0.05) is 18.1 Å². The first kappa shape index (κ1) is 29.2. The molecule has 1 N–H and O–H groups in total. The van der Waals surface area contributed by atoms with E-state index in [1.54, 1.807) is 43.3 Å². The molecule has 0 fully saturated rings. The maximum atomic E-state index is 13.9. The Morgan fingerprint density at radius 1 is 0.921 bits per heavy atom. The summed E-state index contributed by atoms with van der Waals surface area (Å²) in [6.45, 7) is 7.67. The molecule has 0 unspecified atom stereocenters. The Morgan fingerprint density at radius 3 is 2.24 bits per heavy atom. The van der Waals surface area contributed by atoms with Crippen molar-refractivity contribution in [3.8, 4) is 0 Å². The predicted molar refractivity (Wildman–Crippen MR) is 151 cm³/mol. The first-order chi connectivity index (χ1) is 18.0. The fraction of sp³-hybridized carbons (Fsp3) is 0.310. The van der Waals surface area contributed by atoms with E-state index in [4.69, 9.17) is 11.6 Å². The second-order valence-electron chi connectivity index (χ2n) is 9.63. The van der Waals surface area contributed by atoms with E-state index in [9.17, 15) is 18.0 Å². The van der Waals surface area contributed by atoms with Crippen molar-refractivity contribution < 1.29 is 18.0 Å². The van der Waals surface area contributed by atoms with Crippen molar-refractivity contribution in [1.29, 1.82) is 0 Å². The molecular weight excluding hydrogens is 522 g/mol. The van der Waals surface area contributed by atoms with E-state index in [1.165, 1.54) is 23.1 Å². The molecule has 3 rings (SSSR count). The van der Waals surface area contributed by atoms with Crippen molar-refractivity contribution in [3.05, 3.63) is 95.0 Å². The molecule has 7 nitrogen and oxygen atoms in total. The molecule has 202 valence electrons. The van der Waals surface area contributed by atoms with Crippen LogP contribution < -0.4 is 9.62 Å². The van der Waals surface area contributed by atoms with Gasteiger partial charge in [-0.3, -0.25) is 13.9 Å². The van der Waals surface area contributed by atoms with Crippen molar-refractivity contribution in [2.24, 2.45) is 5.92 Å². The van der Waals surface area contributed by atoms with Gasteiger partial charge >= 0.3 is 0 Å². The summed E-state index contributed by atoms with van der Waals surface area (Å²) >= 11 is 6.19. The number of nitrogens with zero attached hydrogens (tertiary/aromatic N) is 2. The molecule has 0 bridgehead atoms. The molecule has 0 saturated heterocycles. The van der Waals surface area contributed by atoms with Crippen LogP contribution in [0.3, 0.4) is 0 Å². The van der Waals surface area contributed by atoms with Gasteiger partial charge in [-0.05, 0) is 55.7 Å². The van der Waals surface area contributed by atoms with Gasteiger partial charge in [0.1, 0.15) is 12.6 Å². The quantitative estimate of drug-likeness (QED) is 0.359. The Kier molecular flexibility index (Phi) is 9.94. The number of sulfonamides is 1. The molecule has 0 aliphatic rings. The maximum Gasteiger partial charge on any atom is 0.264 e. The van der Waals surface area contributed by atoms with E-state index in [1.807, 2.05) is 45.0 Å². The van der Waals surface area contributed by atoms with Crippen molar-refractivity contribution in [2.45, 2.75) is 45.2 Å². The number of hydrogen-bond acceptors (Lipinski definition) is 4. The highest BCUT2D eigenvalue weighted by Crippen LogP contribution is 2.26. The number of carbonyl (C=O) groups is 2. The van der Waals surface area contributed by atoms with Crippen LogP contribution in [0.4, 0.5) is 5.69 Å². The fourth-order valence-corrected chi connectivity index (χ4v) is 5.53. The average Bonchev–Trinajstić information content (AvgIpc) is 2.88. The smallest absolute Gasteiger partial charge is 0.264 e. The summed E-state index contributed by atoms with van der Waals surface area (Å²) < 4.78 is 28.5. The zero-order valence-corrected chi connectivity index (χ0v) is 23.7. The molecule has 0 aliphatic heterocycles. The first-order valence-corrected chi connectivity index (χ1v) is 14.3. The van der Waals surface area contributed by atoms with Crippen LogP contribution >= 0.6 is 11.6 Å². The number of aryl methyl sites for hydroxylation is 1. The molecule has 0 spiro atoms. The van der Waals surface area contributed by atoms with E-state index >= 15 is 0 Å². The van der Waals surface area contributed by atoms with Crippen molar-refractivity contribution in [1.82, 2.24) is 10.2 Å². The lowest BCUT2D eigenvalue weighted by Gasteiger charge is -2.32. The number of hydrogen-bond donors (Lipinski definition) is 1. The summed E-state index contributed by atoms with van der Waals surface area (Å²) in [5.74, 6) is -0.584. The standard InChI is InChI=1S/C29H34ClN3O4S/c1-21(2)18-31-29(35)23(4)32(19-24-11-8-10-22(3)16-24)28(34)20-33(26-13-9-12-25(30)17-26)38(36,37)27-14-6-5-7-15-27/h5-17,21,23H,18-20H2,1-4H3,(H,31,35)/t23-/m1/s1. The third kappa shape index (κ3) is 7.58. The minimum Gasteiger partial charge on any atom is -0.354 e. The monoisotopic (exact) mass is 555 g/mol. The van der Waals surface area contributed by atoms with Crippen molar-refractivity contribution >= 4 is 39.1 Å². The first-order valence-electron chi connectivity index (χ1n) is 12.4. The molecule has 0 heterocycles. The Balaban J connectivity index is 2.00. The number of rotatable bonds is 11. The lowest BCUT2D eigenvalue weighted by atomic mass is 10.1. The van der Waals surface area contributed by atoms with Gasteiger partial charge in [0.15, 0.2) is 0 Å². The number of carbonyl (C=O) groups excluding carboxylic acids is 2. The molecule has 38 heavy (non-hydrogen) atoms. The molecule has 9 heteroatoms. The normalized spacial score (nSPS) is 12.2. The number of nitrogens with one attached hydrogen (secondary N) is 1. The Labute approximate surface area is 230 Å². The fourth-order valence-electron chi connectivity index (χ4n) is 3.92. The molecule has 3 aromatic carbocycles. The van der Waals surface area contributed by atoms with Crippen LogP contribution in [-0.2, 0) is 26.2 Å². The van der Waals surface area contributed by atoms with Crippen LogP contribution in [0, 0.1) is 12.8 Å². The zero-order valence-electron chi connectivity index (χ0n) is 22.1. The summed E-state index contributed by atoms with van der Waals surface area (Å²) in [5, 5.41) is 3.22. The number of amides is 2. The summed E-state index contributed by atoms with van der Waals surface area (Å²) in [5.41, 5.74) is 2.10. The SMILES string of the molecule is Cc1cccc(CN(C(=O)CN(c2cccc(Cl)c2)S(=O)(=O)c2ccccc2)[C@H](C)C(=O)NCC(C)C)c1. The van der Waals surface area contributed by atoms with E-state index in [-0.39, 0.29) is 29.0 Å². The minimum absolute atomic E-state index is 0.0423. The molecule has 0 radical (unpaired) electrons. The van der Waals surface area contributed by atoms with Gasteiger partial charge in [0.25, 0.3) is 10.0 Å². The molecule has 2 amide bonds. The average molecular weight is 556 g/mol. The topological polar surface area (TPSA) is 86.8 Å². The molecule has 3 aromatic rings. The van der Waals surface area contributed by atoms with Crippen LogP contribution in [0.1, 0.15) is 31.9 Å². The molecule has 1 atom stereocenters. The second kappa shape index (κ2) is 12.9. The number of anilines is 1. The number of benzene rings is 3. The maximum absolute atomic E-state index is 13.9. The third-order valence-electron chi connectivity index (χ3n) is 5.99. The van der Waals surface area contributed by atoms with Gasteiger partial charge < -0.3 is 10.2 Å². The lowest BCUT2D eigenvalue weighted by molar-refractivity contribution is -0.139. The third-order valence-corrected chi connectivity index (χ3v) is 8.02. The van der Waals surface area contributed by atoms with Crippen LogP contribution in [-0.4, -0.2) is 44.3 Å². The molecule has 0 saturated carbocycles. The van der Waals surface area contributed by atoms with Crippen LogP contribution in [0.25, 0.3) is 0 Å². The Bertz CT molecular complexity index is 1360. The van der Waals surface area contributed by atoms with Gasteiger partial charge in [-0.15, -0.1) is 0 Å². The van der Waals surface area contributed by atoms with E-state index in [2.05, 4.69) is 5.32 Å². The van der Waals surface area contributed by atoms with Crippen molar-refractivity contribution in [2.75, 3.05) is 17.4 Å². The largest absolute Gasteiger partial charge is 0.354 e. The highest BCUT2D eigenvalue weighted by molar-refractivity contribution is 7.92. The van der Waals surface area contributed by atoms with Gasteiger partial charge in [-0.2, -0.15) is 0 Å². The predicted octanol–water partition coefficient (Wildman–Crippen LogP) is 5.03. The van der Waals surface area contributed by atoms with E-state index in [0.717, 1.165) is 15.4 Å². The lowest BCUT2D eigenvalue weighted by Crippen LogP contribution is -2.51. The van der Waals surface area contributed by atoms with Gasteiger partial charge in [0.05, 0.1) is 10.6 Å². The van der Waals surface area contributed by atoms with Crippen LogP contribution in [0.15, 0.2) is 83.8 Å². The summed E-state index contributed by atoms with van der Waals surface area (Å²) in [6.07, 6.45) is 0. The van der Waals surface area contributed by atoms with Crippen LogP contribution in [0.5, 0.6) is 0 Å². The summed E-state index contributed by atoms with van der Waals surface area (Å²) in [4.78, 5) is 28.3. The second-order valence-corrected chi connectivity index (χ2v) is 11.9.